The van der Waals surface area contributed by atoms with Crippen molar-refractivity contribution >= 4 is 17.7 Å². The number of benzene rings is 1. The molecule has 0 spiro atoms. The van der Waals surface area contributed by atoms with Crippen LogP contribution in [0.4, 0.5) is 0 Å². The van der Waals surface area contributed by atoms with Crippen molar-refractivity contribution in [1.82, 2.24) is 5.32 Å². The minimum absolute atomic E-state index is 0.0556. The van der Waals surface area contributed by atoms with Gasteiger partial charge in [-0.05, 0) is 60.9 Å². The number of rotatable bonds is 4. The Balaban J connectivity index is 2.07. The smallest absolute Gasteiger partial charge is 0.252 e. The lowest BCUT2D eigenvalue weighted by Crippen LogP contribution is -2.41. The van der Waals surface area contributed by atoms with E-state index in [4.69, 9.17) is 5.26 Å². The van der Waals surface area contributed by atoms with Crippen LogP contribution in [0.5, 0.6) is 0 Å². The molecule has 1 saturated carbocycles. The second-order valence-electron chi connectivity index (χ2n) is 6.68. The molecule has 1 aliphatic rings. The zero-order chi connectivity index (χ0) is 16.1. The summed E-state index contributed by atoms with van der Waals surface area (Å²) in [5.74, 6) is 1.93. The molecule has 0 aliphatic heterocycles. The van der Waals surface area contributed by atoms with Crippen LogP contribution >= 0.6 is 11.8 Å². The first-order valence-electron chi connectivity index (χ1n) is 7.97. The Labute approximate surface area is 137 Å². The molecule has 1 aromatic rings. The second kappa shape index (κ2) is 7.69. The van der Waals surface area contributed by atoms with Gasteiger partial charge in [-0.3, -0.25) is 4.79 Å². The molecule has 1 aromatic carbocycles. The van der Waals surface area contributed by atoms with Gasteiger partial charge in [-0.1, -0.05) is 32.9 Å². The monoisotopic (exact) mass is 316 g/mol. The van der Waals surface area contributed by atoms with Gasteiger partial charge < -0.3 is 5.32 Å². The number of nitrogens with zero attached hydrogens (tertiary/aromatic N) is 1. The van der Waals surface area contributed by atoms with Gasteiger partial charge >= 0.3 is 0 Å². The number of thiocyanates is 1. The van der Waals surface area contributed by atoms with Crippen molar-refractivity contribution in [3.8, 4) is 5.40 Å². The predicted molar refractivity (Wildman–Crippen MR) is 90.5 cm³/mol. The van der Waals surface area contributed by atoms with E-state index in [-0.39, 0.29) is 11.9 Å². The number of thioether (sulfide) groups is 1. The minimum Gasteiger partial charge on any atom is -0.349 e. The van der Waals surface area contributed by atoms with Crippen LogP contribution in [0.1, 0.15) is 50.4 Å². The van der Waals surface area contributed by atoms with Crippen LogP contribution in [0.3, 0.4) is 0 Å². The number of amides is 1. The van der Waals surface area contributed by atoms with Crippen LogP contribution in [0, 0.1) is 28.4 Å². The molecule has 0 bridgehead atoms. The molecule has 2 rings (SSSR count). The third kappa shape index (κ3) is 4.27. The average Bonchev–Trinajstić information content (AvgIpc) is 2.47. The van der Waals surface area contributed by atoms with Crippen molar-refractivity contribution in [3.63, 3.8) is 0 Å². The summed E-state index contributed by atoms with van der Waals surface area (Å²) in [5.41, 5.74) is 0.605. The Morgan fingerprint density at radius 3 is 2.73 bits per heavy atom. The van der Waals surface area contributed by atoms with E-state index in [1.54, 1.807) is 6.07 Å². The molecule has 0 radical (unpaired) electrons. The molecule has 1 amide bonds. The zero-order valence-electron chi connectivity index (χ0n) is 13.5. The number of carbonyl (C=O) groups excluding carboxylic acids is 1. The van der Waals surface area contributed by atoms with Crippen LogP contribution in [0.25, 0.3) is 0 Å². The topological polar surface area (TPSA) is 52.9 Å². The van der Waals surface area contributed by atoms with E-state index in [2.05, 4.69) is 26.1 Å². The number of hydrogen-bond acceptors (Lipinski definition) is 3. The highest BCUT2D eigenvalue weighted by Gasteiger charge is 2.29. The summed E-state index contributed by atoms with van der Waals surface area (Å²) < 4.78 is 0. The molecule has 1 N–H and O–H groups in total. The summed E-state index contributed by atoms with van der Waals surface area (Å²) in [6.07, 6.45) is 3.36. The highest BCUT2D eigenvalue weighted by molar-refractivity contribution is 8.03. The number of hydrogen-bond donors (Lipinski definition) is 1. The fraction of sp³-hybridized carbons (Fsp3) is 0.556. The Bertz CT molecular complexity index is 564. The maximum Gasteiger partial charge on any atom is 0.252 e. The van der Waals surface area contributed by atoms with E-state index < -0.39 is 0 Å². The Morgan fingerprint density at radius 1 is 1.32 bits per heavy atom. The van der Waals surface area contributed by atoms with Gasteiger partial charge in [0.15, 0.2) is 0 Å². The lowest BCUT2D eigenvalue weighted by atomic mass is 9.74. The van der Waals surface area contributed by atoms with Crippen LogP contribution in [-0.4, -0.2) is 11.9 Å². The second-order valence-corrected chi connectivity index (χ2v) is 7.50. The van der Waals surface area contributed by atoms with Crippen LogP contribution < -0.4 is 5.32 Å². The molecule has 3 atom stereocenters. The third-order valence-corrected chi connectivity index (χ3v) is 5.21. The quantitative estimate of drug-likeness (QED) is 0.659. The van der Waals surface area contributed by atoms with Gasteiger partial charge in [-0.25, -0.2) is 0 Å². The minimum atomic E-state index is -0.0556. The molecule has 0 aromatic heterocycles. The lowest BCUT2D eigenvalue weighted by molar-refractivity contribution is 0.0893. The SMILES string of the molecule is CC1CC(NC(=O)c2ccccc2SC#N)CC(C(C)C)C1. The van der Waals surface area contributed by atoms with Crippen LogP contribution in [0.15, 0.2) is 29.2 Å². The average molecular weight is 316 g/mol. The lowest BCUT2D eigenvalue weighted by Gasteiger charge is -2.36. The van der Waals surface area contributed by atoms with Crippen LogP contribution in [0.2, 0.25) is 0 Å². The molecule has 3 unspecified atom stereocenters. The fourth-order valence-electron chi connectivity index (χ4n) is 3.37. The summed E-state index contributed by atoms with van der Waals surface area (Å²) in [4.78, 5) is 13.3. The van der Waals surface area contributed by atoms with Gasteiger partial charge in [0.05, 0.1) is 5.56 Å². The number of nitrogens with one attached hydrogen (secondary N) is 1. The van der Waals surface area contributed by atoms with Gasteiger partial charge in [0.1, 0.15) is 5.40 Å². The maximum absolute atomic E-state index is 12.6. The van der Waals surface area contributed by atoms with Crippen LogP contribution in [-0.2, 0) is 0 Å². The van der Waals surface area contributed by atoms with Crippen molar-refractivity contribution in [2.24, 2.45) is 17.8 Å². The highest BCUT2D eigenvalue weighted by Crippen LogP contribution is 2.34. The van der Waals surface area contributed by atoms with Gasteiger partial charge in [0, 0.05) is 10.9 Å². The van der Waals surface area contributed by atoms with Gasteiger partial charge in [-0.15, -0.1) is 0 Å². The van der Waals surface area contributed by atoms with Gasteiger partial charge in [0.25, 0.3) is 5.91 Å². The van der Waals surface area contributed by atoms with Gasteiger partial charge in [0.2, 0.25) is 0 Å². The summed E-state index contributed by atoms with van der Waals surface area (Å²) in [6.45, 7) is 6.80. The molecule has 22 heavy (non-hydrogen) atoms. The standard InChI is InChI=1S/C18H24N2OS/c1-12(2)14-8-13(3)9-15(10-14)20-18(21)16-6-4-5-7-17(16)22-11-19/h4-7,12-15H,8-10H2,1-3H3,(H,20,21). The molecule has 118 valence electrons. The number of nitriles is 1. The molecule has 0 saturated heterocycles. The van der Waals surface area contributed by atoms with Crippen molar-refractivity contribution in [1.29, 1.82) is 5.26 Å². The highest BCUT2D eigenvalue weighted by atomic mass is 32.2. The molecule has 0 heterocycles. The van der Waals surface area contributed by atoms with Crippen molar-refractivity contribution in [2.75, 3.05) is 0 Å². The molecule has 4 heteroatoms. The van der Waals surface area contributed by atoms with E-state index in [0.29, 0.717) is 23.3 Å². The summed E-state index contributed by atoms with van der Waals surface area (Å²) in [5, 5.41) is 14.1. The molecular weight excluding hydrogens is 292 g/mol. The Morgan fingerprint density at radius 2 is 2.05 bits per heavy atom. The normalized spacial score (nSPS) is 24.8. The van der Waals surface area contributed by atoms with Crippen molar-refractivity contribution in [3.05, 3.63) is 29.8 Å². The summed E-state index contributed by atoms with van der Waals surface area (Å²) in [7, 11) is 0. The molecule has 1 aliphatic carbocycles. The Hall–Kier alpha value is -1.47. The van der Waals surface area contributed by atoms with E-state index in [1.807, 2.05) is 23.6 Å². The molecular formula is C18H24N2OS. The van der Waals surface area contributed by atoms with Gasteiger partial charge in [-0.2, -0.15) is 5.26 Å². The van der Waals surface area contributed by atoms with E-state index in [1.165, 1.54) is 6.42 Å². The first-order chi connectivity index (χ1) is 10.5. The fourth-order valence-corrected chi connectivity index (χ4v) is 3.89. The zero-order valence-corrected chi connectivity index (χ0v) is 14.3. The molecule has 1 fully saturated rings. The van der Waals surface area contributed by atoms with E-state index in [0.717, 1.165) is 29.5 Å². The first-order valence-corrected chi connectivity index (χ1v) is 8.78. The van der Waals surface area contributed by atoms with E-state index in [9.17, 15) is 4.79 Å². The number of carbonyl (C=O) groups is 1. The maximum atomic E-state index is 12.6. The third-order valence-electron chi connectivity index (χ3n) is 4.54. The van der Waals surface area contributed by atoms with Crippen molar-refractivity contribution < 1.29 is 4.79 Å². The summed E-state index contributed by atoms with van der Waals surface area (Å²) >= 11 is 1.04. The molecule has 3 nitrogen and oxygen atoms in total. The Kier molecular flexibility index (Phi) is 5.90. The van der Waals surface area contributed by atoms with E-state index >= 15 is 0 Å². The predicted octanol–water partition coefficient (Wildman–Crippen LogP) is 4.45. The largest absolute Gasteiger partial charge is 0.349 e. The first kappa shape index (κ1) is 16.9. The summed E-state index contributed by atoms with van der Waals surface area (Å²) in [6, 6.07) is 7.55. The van der Waals surface area contributed by atoms with Crippen molar-refractivity contribution in [2.45, 2.75) is 51.0 Å².